The molecule has 98 valence electrons. The normalized spacial score (nSPS) is 23.1. The molecule has 8 heteroatoms. The number of nitrogens with zero attached hydrogens (tertiary/aromatic N) is 2. The molecule has 19 heavy (non-hydrogen) atoms. The van der Waals surface area contributed by atoms with E-state index >= 15 is 0 Å². The lowest BCUT2D eigenvalue weighted by atomic mass is 10.1. The topological polar surface area (TPSA) is 79.7 Å². The second-order valence-corrected chi connectivity index (χ2v) is 5.90. The SMILES string of the molecule is Cc1nc(/C=C2/C(=O)N3C(OC(=O)O)=CS[C@@H]23)cs1. The molecule has 1 N–H and O–H groups in total. The Morgan fingerprint density at radius 1 is 1.63 bits per heavy atom. The van der Waals surface area contributed by atoms with Crippen molar-refractivity contribution in [2.75, 3.05) is 0 Å². The summed E-state index contributed by atoms with van der Waals surface area (Å²) < 4.78 is 4.54. The van der Waals surface area contributed by atoms with Crippen molar-refractivity contribution >= 4 is 41.2 Å². The van der Waals surface area contributed by atoms with Gasteiger partial charge in [-0.1, -0.05) is 11.8 Å². The van der Waals surface area contributed by atoms with Gasteiger partial charge in [-0.15, -0.1) is 11.3 Å². The first-order valence-corrected chi connectivity index (χ1v) is 7.12. The number of hydrogen-bond acceptors (Lipinski definition) is 6. The van der Waals surface area contributed by atoms with Crippen molar-refractivity contribution in [1.82, 2.24) is 9.88 Å². The second-order valence-electron chi connectivity index (χ2n) is 3.88. The molecule has 2 aliphatic heterocycles. The molecule has 3 heterocycles. The fourth-order valence-corrected chi connectivity index (χ4v) is 3.47. The zero-order valence-electron chi connectivity index (χ0n) is 9.69. The van der Waals surface area contributed by atoms with Crippen molar-refractivity contribution in [3.63, 3.8) is 0 Å². The van der Waals surface area contributed by atoms with Crippen molar-refractivity contribution in [2.45, 2.75) is 12.3 Å². The first-order valence-electron chi connectivity index (χ1n) is 5.30. The number of β-lactam (4-membered cyclic amide) rings is 1. The summed E-state index contributed by atoms with van der Waals surface area (Å²) in [6, 6.07) is 0. The van der Waals surface area contributed by atoms with Crippen LogP contribution in [0.5, 0.6) is 0 Å². The largest absolute Gasteiger partial charge is 0.512 e. The first kappa shape index (κ1) is 12.2. The van der Waals surface area contributed by atoms with E-state index in [9.17, 15) is 9.59 Å². The van der Waals surface area contributed by atoms with E-state index in [-0.39, 0.29) is 17.2 Å². The van der Waals surface area contributed by atoms with Gasteiger partial charge in [-0.2, -0.15) is 0 Å². The molecule has 1 aromatic rings. The molecule has 1 atom stereocenters. The second kappa shape index (κ2) is 4.39. The van der Waals surface area contributed by atoms with Crippen LogP contribution in [0.1, 0.15) is 10.7 Å². The average molecular weight is 296 g/mol. The maximum absolute atomic E-state index is 12.0. The van der Waals surface area contributed by atoms with Gasteiger partial charge in [0.1, 0.15) is 5.37 Å². The molecule has 0 bridgehead atoms. The number of fused-ring (bicyclic) bond motifs is 1. The van der Waals surface area contributed by atoms with Crippen LogP contribution >= 0.6 is 23.1 Å². The van der Waals surface area contributed by atoms with Crippen LogP contribution in [0, 0.1) is 6.92 Å². The van der Waals surface area contributed by atoms with Gasteiger partial charge in [0.05, 0.1) is 16.3 Å². The molecule has 1 aromatic heterocycles. The van der Waals surface area contributed by atoms with Gasteiger partial charge in [0, 0.05) is 10.8 Å². The molecular formula is C11H8N2O4S2. The Bertz CT molecular complexity index is 634. The number of hydrogen-bond donors (Lipinski definition) is 1. The molecule has 6 nitrogen and oxygen atoms in total. The summed E-state index contributed by atoms with van der Waals surface area (Å²) >= 11 is 2.86. The first-order chi connectivity index (χ1) is 9.06. The predicted molar refractivity (Wildman–Crippen MR) is 70.2 cm³/mol. The third-order valence-corrected chi connectivity index (χ3v) is 4.49. The Kier molecular flexibility index (Phi) is 2.83. The van der Waals surface area contributed by atoms with E-state index in [0.717, 1.165) is 10.7 Å². The Labute approximate surface area is 116 Å². The van der Waals surface area contributed by atoms with Gasteiger partial charge in [0.25, 0.3) is 5.91 Å². The van der Waals surface area contributed by atoms with Gasteiger partial charge in [0.2, 0.25) is 5.88 Å². The van der Waals surface area contributed by atoms with Crippen molar-refractivity contribution < 1.29 is 19.4 Å². The highest BCUT2D eigenvalue weighted by Gasteiger charge is 2.49. The van der Waals surface area contributed by atoms with E-state index in [2.05, 4.69) is 9.72 Å². The highest BCUT2D eigenvalue weighted by molar-refractivity contribution is 8.03. The molecule has 1 fully saturated rings. The van der Waals surface area contributed by atoms with Gasteiger partial charge >= 0.3 is 6.16 Å². The Balaban J connectivity index is 1.79. The number of thioether (sulfide) groups is 1. The van der Waals surface area contributed by atoms with E-state index in [1.165, 1.54) is 33.4 Å². The van der Waals surface area contributed by atoms with E-state index in [1.54, 1.807) is 6.08 Å². The summed E-state index contributed by atoms with van der Waals surface area (Å²) in [5, 5.41) is 12.7. The van der Waals surface area contributed by atoms with Gasteiger partial charge in [-0.3, -0.25) is 9.69 Å². The summed E-state index contributed by atoms with van der Waals surface area (Å²) in [5.41, 5.74) is 1.36. The van der Waals surface area contributed by atoms with Crippen LogP contribution in [0.3, 0.4) is 0 Å². The maximum atomic E-state index is 12.0. The number of carboxylic acid groups (broad SMARTS) is 1. The van der Waals surface area contributed by atoms with Crippen LogP contribution in [0.4, 0.5) is 4.79 Å². The lowest BCUT2D eigenvalue weighted by Crippen LogP contribution is -2.50. The minimum absolute atomic E-state index is 0.0686. The quantitative estimate of drug-likeness (QED) is 0.512. The van der Waals surface area contributed by atoms with Crippen LogP contribution in [0.2, 0.25) is 0 Å². The summed E-state index contributed by atoms with van der Waals surface area (Å²) in [6.07, 6.45) is 0.310. The third-order valence-electron chi connectivity index (χ3n) is 2.63. The summed E-state index contributed by atoms with van der Waals surface area (Å²) in [5.74, 6) is -0.174. The molecule has 0 radical (unpaired) electrons. The zero-order chi connectivity index (χ0) is 13.6. The van der Waals surface area contributed by atoms with Gasteiger partial charge in [-0.25, -0.2) is 9.78 Å². The standard InChI is InChI=1S/C11H8N2O4S2/c1-5-12-6(3-18-5)2-7-9(14)13-8(17-11(15)16)4-19-10(7)13/h2-4,10H,1H3,(H,15,16)/b7-2-/t10-/m0/s1. The number of aryl methyl sites for hydroxylation is 1. The van der Waals surface area contributed by atoms with Crippen LogP contribution in [0.15, 0.2) is 22.2 Å². The van der Waals surface area contributed by atoms with Crippen molar-refractivity contribution in [2.24, 2.45) is 0 Å². The maximum Gasteiger partial charge on any atom is 0.512 e. The molecule has 0 saturated carbocycles. The van der Waals surface area contributed by atoms with Crippen LogP contribution < -0.4 is 0 Å². The van der Waals surface area contributed by atoms with Crippen molar-refractivity contribution in [3.8, 4) is 0 Å². The number of ether oxygens (including phenoxy) is 1. The Morgan fingerprint density at radius 2 is 2.42 bits per heavy atom. The number of thiazole rings is 1. The lowest BCUT2D eigenvalue weighted by Gasteiger charge is -2.36. The minimum atomic E-state index is -1.42. The monoisotopic (exact) mass is 296 g/mol. The number of carbonyl (C=O) groups is 2. The zero-order valence-corrected chi connectivity index (χ0v) is 11.3. The summed E-state index contributed by atoms with van der Waals surface area (Å²) in [4.78, 5) is 28.0. The molecule has 0 unspecified atom stereocenters. The molecule has 0 aliphatic carbocycles. The van der Waals surface area contributed by atoms with Gasteiger partial charge < -0.3 is 9.84 Å². The van der Waals surface area contributed by atoms with Crippen LogP contribution in [-0.4, -0.2) is 32.4 Å². The molecule has 0 aromatic carbocycles. The van der Waals surface area contributed by atoms with Crippen molar-refractivity contribution in [3.05, 3.63) is 32.9 Å². The molecule has 1 saturated heterocycles. The summed E-state index contributed by atoms with van der Waals surface area (Å²) in [7, 11) is 0. The van der Waals surface area contributed by atoms with E-state index in [4.69, 9.17) is 5.11 Å². The van der Waals surface area contributed by atoms with E-state index in [1.807, 2.05) is 12.3 Å². The molecular weight excluding hydrogens is 288 g/mol. The van der Waals surface area contributed by atoms with Crippen LogP contribution in [-0.2, 0) is 9.53 Å². The fourth-order valence-electron chi connectivity index (χ4n) is 1.85. The number of rotatable bonds is 2. The van der Waals surface area contributed by atoms with Crippen LogP contribution in [0.25, 0.3) is 6.08 Å². The molecule has 3 rings (SSSR count). The van der Waals surface area contributed by atoms with Gasteiger partial charge in [0.15, 0.2) is 0 Å². The smallest absolute Gasteiger partial charge is 0.449 e. The Morgan fingerprint density at radius 3 is 3.05 bits per heavy atom. The third kappa shape index (κ3) is 2.02. The summed E-state index contributed by atoms with van der Waals surface area (Å²) in [6.45, 7) is 1.90. The number of carbonyl (C=O) groups excluding carboxylic acids is 1. The lowest BCUT2D eigenvalue weighted by molar-refractivity contribution is -0.133. The van der Waals surface area contributed by atoms with E-state index < -0.39 is 6.16 Å². The number of amides is 1. The fraction of sp³-hybridized carbons (Fsp3) is 0.182. The Hall–Kier alpha value is -1.80. The highest BCUT2D eigenvalue weighted by Crippen LogP contribution is 2.45. The molecule has 0 spiro atoms. The van der Waals surface area contributed by atoms with Crippen molar-refractivity contribution in [1.29, 1.82) is 0 Å². The number of aromatic nitrogens is 1. The molecule has 2 aliphatic rings. The minimum Gasteiger partial charge on any atom is -0.449 e. The molecule has 1 amide bonds. The predicted octanol–water partition coefficient (Wildman–Crippen LogP) is 2.24. The van der Waals surface area contributed by atoms with E-state index in [0.29, 0.717) is 5.57 Å². The average Bonchev–Trinajstić information content (AvgIpc) is 2.90. The highest BCUT2D eigenvalue weighted by atomic mass is 32.2. The van der Waals surface area contributed by atoms with Gasteiger partial charge in [-0.05, 0) is 13.0 Å².